The van der Waals surface area contributed by atoms with Crippen LogP contribution < -0.4 is 5.32 Å². The number of benzene rings is 2. The van der Waals surface area contributed by atoms with Gasteiger partial charge in [-0.15, -0.1) is 0 Å². The van der Waals surface area contributed by atoms with Crippen LogP contribution in [0.25, 0.3) is 5.69 Å². The van der Waals surface area contributed by atoms with E-state index in [9.17, 15) is 13.6 Å². The molecule has 140 valence electrons. The normalized spacial score (nSPS) is 12.2. The van der Waals surface area contributed by atoms with Crippen LogP contribution in [-0.4, -0.2) is 34.7 Å². The Bertz CT molecular complexity index is 922. The van der Waals surface area contributed by atoms with Crippen molar-refractivity contribution >= 4 is 5.91 Å². The smallest absolute Gasteiger partial charge is 0.242 e. The quantitative estimate of drug-likeness (QED) is 0.726. The number of aromatic nitrogens is 2. The summed E-state index contributed by atoms with van der Waals surface area (Å²) in [4.78, 5) is 14.4. The third-order valence-electron chi connectivity index (χ3n) is 4.12. The lowest BCUT2D eigenvalue weighted by Gasteiger charge is -2.23. The molecule has 1 atom stereocenters. The summed E-state index contributed by atoms with van der Waals surface area (Å²) in [7, 11) is 3.53. The van der Waals surface area contributed by atoms with Gasteiger partial charge < -0.3 is 5.32 Å². The van der Waals surface area contributed by atoms with Crippen molar-refractivity contribution in [2.24, 2.45) is 0 Å². The first kappa shape index (κ1) is 18.7. The highest BCUT2D eigenvalue weighted by atomic mass is 19.1. The number of halogens is 2. The van der Waals surface area contributed by atoms with Crippen LogP contribution in [0.15, 0.2) is 60.9 Å². The molecule has 0 radical (unpaired) electrons. The van der Waals surface area contributed by atoms with Gasteiger partial charge in [0.15, 0.2) is 0 Å². The van der Waals surface area contributed by atoms with Gasteiger partial charge in [0.25, 0.3) is 0 Å². The van der Waals surface area contributed by atoms with Crippen LogP contribution >= 0.6 is 0 Å². The molecular weight excluding hydrogens is 350 g/mol. The van der Waals surface area contributed by atoms with Gasteiger partial charge >= 0.3 is 0 Å². The Hall–Kier alpha value is -3.06. The molecule has 0 aliphatic carbocycles. The number of nitrogens with zero attached hydrogens (tertiary/aromatic N) is 3. The summed E-state index contributed by atoms with van der Waals surface area (Å²) >= 11 is 0. The number of nitrogens with one attached hydrogen (secondary N) is 1. The van der Waals surface area contributed by atoms with Crippen LogP contribution in [0.5, 0.6) is 0 Å². The molecule has 0 saturated carbocycles. The Balaban J connectivity index is 1.68. The fourth-order valence-corrected chi connectivity index (χ4v) is 2.83. The van der Waals surface area contributed by atoms with E-state index in [1.807, 2.05) is 0 Å². The van der Waals surface area contributed by atoms with Gasteiger partial charge in [-0.2, -0.15) is 5.10 Å². The van der Waals surface area contributed by atoms with Crippen LogP contribution in [0.4, 0.5) is 8.78 Å². The molecule has 0 bridgehead atoms. The second kappa shape index (κ2) is 8.09. The van der Waals surface area contributed by atoms with E-state index in [1.165, 1.54) is 24.3 Å². The van der Waals surface area contributed by atoms with Gasteiger partial charge in [-0.05, 0) is 56.1 Å². The number of carbonyl (C=O) groups is 1. The predicted octanol–water partition coefficient (Wildman–Crippen LogP) is 3.07. The van der Waals surface area contributed by atoms with Crippen molar-refractivity contribution in [1.29, 1.82) is 0 Å². The molecule has 5 nitrogen and oxygen atoms in total. The maximum absolute atomic E-state index is 13.5. The molecule has 1 aromatic heterocycles. The standard InChI is InChI=1S/C20H20F2N4O/c1-25(2)19(15-4-3-5-17(22)10-15)20(27)23-11-14-12-24-26(13-14)18-8-6-16(21)7-9-18/h3-10,12-13,19H,11H2,1-2H3,(H,23,27). The molecule has 0 aliphatic rings. The highest BCUT2D eigenvalue weighted by Crippen LogP contribution is 2.19. The minimum atomic E-state index is -0.604. The lowest BCUT2D eigenvalue weighted by atomic mass is 10.1. The number of likely N-dealkylation sites (N-methyl/N-ethyl adjacent to an activating group) is 1. The zero-order chi connectivity index (χ0) is 19.4. The SMILES string of the molecule is CN(C)C(C(=O)NCc1cnn(-c2ccc(F)cc2)c1)c1cccc(F)c1. The molecule has 7 heteroatoms. The molecule has 1 amide bonds. The molecule has 1 unspecified atom stereocenters. The summed E-state index contributed by atoms with van der Waals surface area (Å²) in [6.45, 7) is 0.277. The lowest BCUT2D eigenvalue weighted by Crippen LogP contribution is -2.36. The second-order valence-electron chi connectivity index (χ2n) is 6.41. The first-order valence-electron chi connectivity index (χ1n) is 8.43. The van der Waals surface area contributed by atoms with Gasteiger partial charge in [-0.25, -0.2) is 13.5 Å². The topological polar surface area (TPSA) is 50.2 Å². The number of hydrogen-bond donors (Lipinski definition) is 1. The van der Waals surface area contributed by atoms with E-state index in [1.54, 1.807) is 60.3 Å². The maximum Gasteiger partial charge on any atom is 0.242 e. The zero-order valence-electron chi connectivity index (χ0n) is 15.1. The third-order valence-corrected chi connectivity index (χ3v) is 4.12. The summed E-state index contributed by atoms with van der Waals surface area (Å²) in [5.41, 5.74) is 2.10. The Labute approximate surface area is 156 Å². The van der Waals surface area contributed by atoms with Crippen LogP contribution in [-0.2, 0) is 11.3 Å². The van der Waals surface area contributed by atoms with Gasteiger partial charge in [0.2, 0.25) is 5.91 Å². The van der Waals surface area contributed by atoms with E-state index in [-0.39, 0.29) is 24.1 Å². The Morgan fingerprint density at radius 2 is 1.89 bits per heavy atom. The second-order valence-corrected chi connectivity index (χ2v) is 6.41. The van der Waals surface area contributed by atoms with E-state index in [0.29, 0.717) is 5.56 Å². The molecule has 3 aromatic rings. The minimum Gasteiger partial charge on any atom is -0.350 e. The molecule has 2 aromatic carbocycles. The van der Waals surface area contributed by atoms with Crippen LogP contribution in [0.2, 0.25) is 0 Å². The van der Waals surface area contributed by atoms with E-state index in [2.05, 4.69) is 10.4 Å². The van der Waals surface area contributed by atoms with E-state index >= 15 is 0 Å². The van der Waals surface area contributed by atoms with Crippen molar-refractivity contribution < 1.29 is 13.6 Å². The molecule has 0 saturated heterocycles. The molecule has 27 heavy (non-hydrogen) atoms. The van der Waals surface area contributed by atoms with Crippen molar-refractivity contribution in [3.05, 3.63) is 83.7 Å². The van der Waals surface area contributed by atoms with Crippen LogP contribution in [0.3, 0.4) is 0 Å². The van der Waals surface area contributed by atoms with Gasteiger partial charge in [-0.3, -0.25) is 9.69 Å². The highest BCUT2D eigenvalue weighted by molar-refractivity contribution is 5.83. The van der Waals surface area contributed by atoms with E-state index in [0.717, 1.165) is 11.3 Å². The van der Waals surface area contributed by atoms with Gasteiger partial charge in [-0.1, -0.05) is 12.1 Å². The third kappa shape index (κ3) is 4.57. The fraction of sp³-hybridized carbons (Fsp3) is 0.200. The van der Waals surface area contributed by atoms with Crippen molar-refractivity contribution in [1.82, 2.24) is 20.0 Å². The molecule has 1 N–H and O–H groups in total. The first-order chi connectivity index (χ1) is 12.9. The van der Waals surface area contributed by atoms with Crippen molar-refractivity contribution in [3.8, 4) is 5.69 Å². The number of rotatable bonds is 6. The molecule has 1 heterocycles. The Kier molecular flexibility index (Phi) is 5.61. The summed E-state index contributed by atoms with van der Waals surface area (Å²) in [5.74, 6) is -0.932. The van der Waals surface area contributed by atoms with Crippen LogP contribution in [0, 0.1) is 11.6 Å². The lowest BCUT2D eigenvalue weighted by molar-refractivity contribution is -0.125. The minimum absolute atomic E-state index is 0.236. The first-order valence-corrected chi connectivity index (χ1v) is 8.43. The summed E-state index contributed by atoms with van der Waals surface area (Å²) < 4.78 is 28.1. The summed E-state index contributed by atoms with van der Waals surface area (Å²) in [6.07, 6.45) is 3.40. The monoisotopic (exact) mass is 370 g/mol. The van der Waals surface area contributed by atoms with Gasteiger partial charge in [0, 0.05) is 18.3 Å². The average Bonchev–Trinajstić information content (AvgIpc) is 3.09. The number of amides is 1. The molecule has 0 spiro atoms. The molecule has 0 aliphatic heterocycles. The Morgan fingerprint density at radius 3 is 2.56 bits per heavy atom. The van der Waals surface area contributed by atoms with E-state index < -0.39 is 6.04 Å². The molecule has 3 rings (SSSR count). The zero-order valence-corrected chi connectivity index (χ0v) is 15.1. The Morgan fingerprint density at radius 1 is 1.15 bits per heavy atom. The highest BCUT2D eigenvalue weighted by Gasteiger charge is 2.23. The maximum atomic E-state index is 13.5. The average molecular weight is 370 g/mol. The summed E-state index contributed by atoms with van der Waals surface area (Å²) in [5, 5.41) is 7.08. The summed E-state index contributed by atoms with van der Waals surface area (Å²) in [6, 6.07) is 11.4. The van der Waals surface area contributed by atoms with Gasteiger partial charge in [0.05, 0.1) is 11.9 Å². The van der Waals surface area contributed by atoms with Gasteiger partial charge in [0.1, 0.15) is 17.7 Å². The van der Waals surface area contributed by atoms with Crippen molar-refractivity contribution in [2.75, 3.05) is 14.1 Å². The molecular formula is C20H20F2N4O. The van der Waals surface area contributed by atoms with E-state index in [4.69, 9.17) is 0 Å². The van der Waals surface area contributed by atoms with Crippen molar-refractivity contribution in [3.63, 3.8) is 0 Å². The fourth-order valence-electron chi connectivity index (χ4n) is 2.83. The largest absolute Gasteiger partial charge is 0.350 e. The number of carbonyl (C=O) groups excluding carboxylic acids is 1. The van der Waals surface area contributed by atoms with Crippen molar-refractivity contribution in [2.45, 2.75) is 12.6 Å². The number of hydrogen-bond acceptors (Lipinski definition) is 3. The van der Waals surface area contributed by atoms with Crippen LogP contribution in [0.1, 0.15) is 17.2 Å². The predicted molar refractivity (Wildman–Crippen MR) is 98.2 cm³/mol. The molecule has 0 fully saturated rings.